The molecule has 5 heteroatoms. The van der Waals surface area contributed by atoms with Gasteiger partial charge in [0.2, 0.25) is 5.91 Å². The highest BCUT2D eigenvalue weighted by atomic mass is 16.2. The molecule has 0 radical (unpaired) electrons. The maximum atomic E-state index is 11.6. The molecule has 1 aromatic rings. The molecule has 0 spiro atoms. The topological polar surface area (TPSA) is 53.5 Å². The van der Waals surface area contributed by atoms with Crippen molar-refractivity contribution in [2.24, 2.45) is 0 Å². The molecular formula is C13H17N3O2. The van der Waals surface area contributed by atoms with Gasteiger partial charge in [-0.15, -0.1) is 0 Å². The lowest BCUT2D eigenvalue weighted by atomic mass is 10.3. The van der Waals surface area contributed by atoms with Gasteiger partial charge < -0.3 is 9.80 Å². The molecule has 1 aliphatic rings. The van der Waals surface area contributed by atoms with Crippen LogP contribution in [0.15, 0.2) is 18.3 Å². The second kappa shape index (κ2) is 5.16. The highest BCUT2D eigenvalue weighted by molar-refractivity contribution is 6.14. The largest absolute Gasteiger partial charge is 0.357 e. The first kappa shape index (κ1) is 12.5. The number of Topliss-reactive ketones (excluding diaryl/α,β-unsaturated/α-hetero) is 1. The Kier molecular flexibility index (Phi) is 3.60. The van der Waals surface area contributed by atoms with E-state index in [-0.39, 0.29) is 24.7 Å². The molecular weight excluding hydrogens is 230 g/mol. The van der Waals surface area contributed by atoms with Crippen molar-refractivity contribution in [3.05, 3.63) is 18.3 Å². The van der Waals surface area contributed by atoms with Crippen molar-refractivity contribution >= 4 is 23.2 Å². The molecule has 1 aliphatic heterocycles. The van der Waals surface area contributed by atoms with Gasteiger partial charge in [0.15, 0.2) is 5.78 Å². The Balaban J connectivity index is 2.17. The van der Waals surface area contributed by atoms with Crippen LogP contribution in [0.2, 0.25) is 0 Å². The predicted molar refractivity (Wildman–Crippen MR) is 69.8 cm³/mol. The SMILES string of the molecule is CCN(CC)c1ccc(N2CC(=O)CC2=O)cn1. The molecule has 2 heterocycles. The average Bonchev–Trinajstić information content (AvgIpc) is 2.71. The van der Waals surface area contributed by atoms with Crippen LogP contribution in [0.25, 0.3) is 0 Å². The summed E-state index contributed by atoms with van der Waals surface area (Å²) in [6.07, 6.45) is 1.67. The van der Waals surface area contributed by atoms with Gasteiger partial charge >= 0.3 is 0 Å². The summed E-state index contributed by atoms with van der Waals surface area (Å²) in [7, 11) is 0. The van der Waals surface area contributed by atoms with E-state index >= 15 is 0 Å². The lowest BCUT2D eigenvalue weighted by Gasteiger charge is -2.21. The summed E-state index contributed by atoms with van der Waals surface area (Å²) in [4.78, 5) is 30.8. The minimum atomic E-state index is -0.141. The molecule has 1 saturated heterocycles. The van der Waals surface area contributed by atoms with Crippen LogP contribution in [-0.4, -0.2) is 36.3 Å². The van der Waals surface area contributed by atoms with Gasteiger partial charge in [-0.25, -0.2) is 4.98 Å². The van der Waals surface area contributed by atoms with Gasteiger partial charge in [0.25, 0.3) is 0 Å². The van der Waals surface area contributed by atoms with E-state index in [2.05, 4.69) is 23.7 Å². The van der Waals surface area contributed by atoms with Crippen LogP contribution in [0, 0.1) is 0 Å². The van der Waals surface area contributed by atoms with E-state index in [0.29, 0.717) is 5.69 Å². The fourth-order valence-corrected chi connectivity index (χ4v) is 2.09. The molecule has 0 aromatic carbocycles. The first-order valence-electron chi connectivity index (χ1n) is 6.18. The van der Waals surface area contributed by atoms with E-state index in [1.165, 1.54) is 4.90 Å². The molecule has 1 amide bonds. The maximum Gasteiger partial charge on any atom is 0.234 e. The summed E-state index contributed by atoms with van der Waals surface area (Å²) in [5, 5.41) is 0. The number of anilines is 2. The quantitative estimate of drug-likeness (QED) is 0.751. The van der Waals surface area contributed by atoms with Crippen LogP contribution in [-0.2, 0) is 9.59 Å². The highest BCUT2D eigenvalue weighted by Crippen LogP contribution is 2.21. The zero-order valence-corrected chi connectivity index (χ0v) is 10.7. The number of amides is 1. The highest BCUT2D eigenvalue weighted by Gasteiger charge is 2.28. The number of ketones is 1. The molecule has 0 saturated carbocycles. The van der Waals surface area contributed by atoms with Crippen LogP contribution in [0.1, 0.15) is 20.3 Å². The molecule has 1 fully saturated rings. The van der Waals surface area contributed by atoms with E-state index in [4.69, 9.17) is 0 Å². The van der Waals surface area contributed by atoms with E-state index in [1.54, 1.807) is 6.20 Å². The molecule has 0 N–H and O–H groups in total. The van der Waals surface area contributed by atoms with Crippen molar-refractivity contribution in [3.8, 4) is 0 Å². The van der Waals surface area contributed by atoms with Crippen molar-refractivity contribution in [2.45, 2.75) is 20.3 Å². The van der Waals surface area contributed by atoms with Gasteiger partial charge in [-0.2, -0.15) is 0 Å². The summed E-state index contributed by atoms with van der Waals surface area (Å²) >= 11 is 0. The minimum Gasteiger partial charge on any atom is -0.357 e. The number of rotatable bonds is 4. The Morgan fingerprint density at radius 2 is 2.00 bits per heavy atom. The lowest BCUT2D eigenvalue weighted by Crippen LogP contribution is -2.26. The third kappa shape index (κ3) is 2.34. The lowest BCUT2D eigenvalue weighted by molar-refractivity contribution is -0.121. The number of nitrogens with zero attached hydrogens (tertiary/aromatic N) is 3. The molecule has 1 aromatic heterocycles. The maximum absolute atomic E-state index is 11.6. The Morgan fingerprint density at radius 1 is 1.28 bits per heavy atom. The van der Waals surface area contributed by atoms with Gasteiger partial charge in [0, 0.05) is 13.1 Å². The Hall–Kier alpha value is -1.91. The summed E-state index contributed by atoms with van der Waals surface area (Å²) in [5.41, 5.74) is 0.696. The molecule has 0 aliphatic carbocycles. The third-order valence-electron chi connectivity index (χ3n) is 3.12. The van der Waals surface area contributed by atoms with Crippen molar-refractivity contribution in [2.75, 3.05) is 29.4 Å². The summed E-state index contributed by atoms with van der Waals surface area (Å²) < 4.78 is 0. The minimum absolute atomic E-state index is 0.0117. The van der Waals surface area contributed by atoms with E-state index in [1.807, 2.05) is 12.1 Å². The molecule has 0 atom stereocenters. The first-order valence-corrected chi connectivity index (χ1v) is 6.18. The average molecular weight is 247 g/mol. The number of pyridine rings is 1. The van der Waals surface area contributed by atoms with E-state index in [0.717, 1.165) is 18.9 Å². The number of hydrogen-bond acceptors (Lipinski definition) is 4. The molecule has 0 bridgehead atoms. The van der Waals surface area contributed by atoms with Crippen molar-refractivity contribution in [1.82, 2.24) is 4.98 Å². The fourth-order valence-electron chi connectivity index (χ4n) is 2.09. The normalized spacial score (nSPS) is 15.3. The molecule has 2 rings (SSSR count). The molecule has 18 heavy (non-hydrogen) atoms. The summed E-state index contributed by atoms with van der Waals surface area (Å²) in [6.45, 7) is 6.10. The second-order valence-corrected chi connectivity index (χ2v) is 4.24. The number of carbonyl (C=O) groups is 2. The number of carbonyl (C=O) groups excluding carboxylic acids is 2. The van der Waals surface area contributed by atoms with Crippen molar-refractivity contribution < 1.29 is 9.59 Å². The third-order valence-corrected chi connectivity index (χ3v) is 3.12. The number of hydrogen-bond donors (Lipinski definition) is 0. The predicted octanol–water partition coefficient (Wildman–Crippen LogP) is 1.23. The summed E-state index contributed by atoms with van der Waals surface area (Å²) in [5.74, 6) is 0.715. The molecule has 5 nitrogen and oxygen atoms in total. The smallest absolute Gasteiger partial charge is 0.234 e. The van der Waals surface area contributed by atoms with Gasteiger partial charge in [-0.1, -0.05) is 0 Å². The van der Waals surface area contributed by atoms with Gasteiger partial charge in [0.1, 0.15) is 5.82 Å². The van der Waals surface area contributed by atoms with Crippen LogP contribution < -0.4 is 9.80 Å². The Labute approximate surface area is 106 Å². The van der Waals surface area contributed by atoms with Crippen LogP contribution in [0.4, 0.5) is 11.5 Å². The van der Waals surface area contributed by atoms with Crippen molar-refractivity contribution in [1.29, 1.82) is 0 Å². The fraction of sp³-hybridized carbons (Fsp3) is 0.462. The van der Waals surface area contributed by atoms with Gasteiger partial charge in [-0.05, 0) is 26.0 Å². The first-order chi connectivity index (χ1) is 8.65. The monoisotopic (exact) mass is 247 g/mol. The van der Waals surface area contributed by atoms with Crippen LogP contribution in [0.5, 0.6) is 0 Å². The standard InChI is InChI=1S/C13H17N3O2/c1-3-15(4-2)12-6-5-10(8-14-12)16-9-11(17)7-13(16)18/h5-6,8H,3-4,7,9H2,1-2H3. The summed E-state index contributed by atoms with van der Waals surface area (Å²) in [6, 6.07) is 3.73. The Bertz CT molecular complexity index is 452. The molecule has 96 valence electrons. The second-order valence-electron chi connectivity index (χ2n) is 4.24. The van der Waals surface area contributed by atoms with Crippen LogP contribution in [0.3, 0.4) is 0 Å². The zero-order chi connectivity index (χ0) is 13.1. The van der Waals surface area contributed by atoms with Crippen LogP contribution >= 0.6 is 0 Å². The van der Waals surface area contributed by atoms with Gasteiger partial charge in [0.05, 0.1) is 24.8 Å². The van der Waals surface area contributed by atoms with E-state index < -0.39 is 0 Å². The van der Waals surface area contributed by atoms with Crippen molar-refractivity contribution in [3.63, 3.8) is 0 Å². The Morgan fingerprint density at radius 3 is 2.44 bits per heavy atom. The zero-order valence-electron chi connectivity index (χ0n) is 10.7. The van der Waals surface area contributed by atoms with Gasteiger partial charge in [-0.3, -0.25) is 9.59 Å². The molecule has 0 unspecified atom stereocenters. The number of aromatic nitrogens is 1. The van der Waals surface area contributed by atoms with E-state index in [9.17, 15) is 9.59 Å².